The first-order valence-electron chi connectivity index (χ1n) is 18.6. The SMILES string of the molecule is CC(C)(C)c1ccc2c(c1)C=NC2.CC(C)(C)c1ccc2cnoc2c1.CC(C)(C)c1ccc2occc2c1.Cn1cnc2ccc(C(C)(C)C)cc21. The summed E-state index contributed by atoms with van der Waals surface area (Å²) in [6.45, 7) is 27.5. The third-order valence-corrected chi connectivity index (χ3v) is 9.64. The van der Waals surface area contributed by atoms with Crippen molar-refractivity contribution in [3.05, 3.63) is 131 Å². The molecule has 1 aliphatic rings. The molecule has 6 heteroatoms. The Morgan fingerprint density at radius 1 is 0.585 bits per heavy atom. The Kier molecular flexibility index (Phi) is 11.2. The highest BCUT2D eigenvalue weighted by molar-refractivity contribution is 5.84. The minimum absolute atomic E-state index is 0.168. The number of hydrogen-bond donors (Lipinski definition) is 0. The van der Waals surface area contributed by atoms with Crippen molar-refractivity contribution < 1.29 is 8.94 Å². The Balaban J connectivity index is 0.000000136. The molecule has 4 aromatic carbocycles. The average Bonchev–Trinajstić information content (AvgIpc) is 3.90. The van der Waals surface area contributed by atoms with E-state index in [1.165, 1.54) is 44.3 Å². The number of imidazole rings is 1. The molecule has 0 saturated carbocycles. The van der Waals surface area contributed by atoms with Crippen molar-refractivity contribution in [2.45, 2.75) is 111 Å². The van der Waals surface area contributed by atoms with Gasteiger partial charge in [-0.2, -0.15) is 0 Å². The molecule has 0 fully saturated rings. The molecule has 0 radical (unpaired) electrons. The van der Waals surface area contributed by atoms with E-state index in [-0.39, 0.29) is 21.7 Å². The molecule has 0 spiro atoms. The lowest BCUT2D eigenvalue weighted by Gasteiger charge is -2.19. The molecule has 53 heavy (non-hydrogen) atoms. The summed E-state index contributed by atoms with van der Waals surface area (Å²) in [6, 6.07) is 27.7. The zero-order chi connectivity index (χ0) is 38.8. The van der Waals surface area contributed by atoms with E-state index >= 15 is 0 Å². The number of aryl methyl sites for hydroxylation is 1. The lowest BCUT2D eigenvalue weighted by molar-refractivity contribution is 0.455. The van der Waals surface area contributed by atoms with E-state index in [1.807, 2.05) is 37.8 Å². The van der Waals surface area contributed by atoms with Gasteiger partial charge in [0.2, 0.25) is 0 Å². The summed E-state index contributed by atoms with van der Waals surface area (Å²) in [7, 11) is 2.03. The highest BCUT2D eigenvalue weighted by atomic mass is 16.5. The monoisotopic (exact) mass is 710 g/mol. The van der Waals surface area contributed by atoms with Gasteiger partial charge in [0.1, 0.15) is 5.58 Å². The molecule has 0 bridgehead atoms. The summed E-state index contributed by atoms with van der Waals surface area (Å²) in [6.07, 6.45) is 7.31. The lowest BCUT2D eigenvalue weighted by Crippen LogP contribution is -2.11. The summed E-state index contributed by atoms with van der Waals surface area (Å²) in [5, 5.41) is 6.00. The van der Waals surface area contributed by atoms with Crippen molar-refractivity contribution >= 4 is 39.2 Å². The van der Waals surface area contributed by atoms with Gasteiger partial charge in [-0.15, -0.1) is 0 Å². The number of hydrogen-bond acceptors (Lipinski definition) is 5. The molecule has 0 amide bonds. The van der Waals surface area contributed by atoms with Crippen LogP contribution in [0.5, 0.6) is 0 Å². The number of fused-ring (bicyclic) bond motifs is 4. The van der Waals surface area contributed by atoms with Crippen molar-refractivity contribution in [3.8, 4) is 0 Å². The molecule has 278 valence electrons. The molecule has 4 heterocycles. The normalized spacial score (nSPS) is 12.8. The lowest BCUT2D eigenvalue weighted by atomic mass is 9.85. The third kappa shape index (κ3) is 9.92. The minimum atomic E-state index is 0.168. The molecule has 3 aromatic heterocycles. The van der Waals surface area contributed by atoms with Crippen LogP contribution >= 0.6 is 0 Å². The first-order valence-corrected chi connectivity index (χ1v) is 18.6. The number of furan rings is 1. The first-order chi connectivity index (χ1) is 24.7. The summed E-state index contributed by atoms with van der Waals surface area (Å²) >= 11 is 0. The second-order valence-corrected chi connectivity index (χ2v) is 18.2. The fourth-order valence-electron chi connectivity index (χ4n) is 5.92. The van der Waals surface area contributed by atoms with Gasteiger partial charge in [0.15, 0.2) is 5.58 Å². The van der Waals surface area contributed by atoms with E-state index in [0.29, 0.717) is 0 Å². The number of aromatic nitrogens is 3. The van der Waals surface area contributed by atoms with Crippen LogP contribution in [-0.4, -0.2) is 20.9 Å². The van der Waals surface area contributed by atoms with Crippen LogP contribution < -0.4 is 0 Å². The molecule has 1 aliphatic heterocycles. The van der Waals surface area contributed by atoms with Crippen LogP contribution in [0.2, 0.25) is 0 Å². The molecule has 6 nitrogen and oxygen atoms in total. The second-order valence-electron chi connectivity index (χ2n) is 18.2. The zero-order valence-electron chi connectivity index (χ0n) is 34.1. The number of rotatable bonds is 0. The quantitative estimate of drug-likeness (QED) is 0.157. The van der Waals surface area contributed by atoms with E-state index in [0.717, 1.165) is 28.6 Å². The molecule has 0 atom stereocenters. The predicted octanol–water partition coefficient (Wildman–Crippen LogP) is 12.6. The summed E-state index contributed by atoms with van der Waals surface area (Å²) in [5.41, 5.74) is 13.0. The van der Waals surface area contributed by atoms with Gasteiger partial charge in [0.05, 0.1) is 36.4 Å². The van der Waals surface area contributed by atoms with Crippen LogP contribution in [-0.2, 0) is 35.3 Å². The summed E-state index contributed by atoms with van der Waals surface area (Å²) in [4.78, 5) is 8.55. The maximum Gasteiger partial charge on any atom is 0.167 e. The molecule has 7 aromatic rings. The van der Waals surface area contributed by atoms with Gasteiger partial charge in [0, 0.05) is 24.0 Å². The Morgan fingerprint density at radius 3 is 1.85 bits per heavy atom. The number of aliphatic imine (C=N–C) groups is 1. The minimum Gasteiger partial charge on any atom is -0.464 e. The fraction of sp³-hybridized carbons (Fsp3) is 0.383. The van der Waals surface area contributed by atoms with Crippen LogP contribution in [0.1, 0.15) is 116 Å². The molecule has 0 saturated heterocycles. The topological polar surface area (TPSA) is 69.3 Å². The van der Waals surface area contributed by atoms with Gasteiger partial charge in [-0.1, -0.05) is 119 Å². The van der Waals surface area contributed by atoms with Crippen molar-refractivity contribution in [1.29, 1.82) is 0 Å². The van der Waals surface area contributed by atoms with Crippen molar-refractivity contribution in [2.24, 2.45) is 12.0 Å². The molecule has 8 rings (SSSR count). The molecular weight excluding hydrogens is 653 g/mol. The van der Waals surface area contributed by atoms with Crippen LogP contribution in [0.3, 0.4) is 0 Å². The third-order valence-electron chi connectivity index (χ3n) is 9.64. The maximum atomic E-state index is 5.29. The van der Waals surface area contributed by atoms with Gasteiger partial charge < -0.3 is 13.5 Å². The van der Waals surface area contributed by atoms with Gasteiger partial charge in [-0.3, -0.25) is 4.99 Å². The summed E-state index contributed by atoms with van der Waals surface area (Å²) < 4.78 is 12.4. The largest absolute Gasteiger partial charge is 0.464 e. The van der Waals surface area contributed by atoms with E-state index in [4.69, 9.17) is 8.94 Å². The van der Waals surface area contributed by atoms with Crippen LogP contribution in [0.25, 0.3) is 33.0 Å². The Hall–Kier alpha value is -4.97. The van der Waals surface area contributed by atoms with E-state index in [9.17, 15) is 0 Å². The standard InChI is InChI=1S/C12H16N2.C12H15N.C12H14O.C11H13NO/c1-12(2,3)9-5-6-10-11(7-9)14(4)8-13-10;1-12(2,3)11-5-4-9-7-13-8-10(9)6-11;1-12(2,3)10-4-5-11-9(8-10)6-7-13-11;1-11(2,3)9-5-4-8-7-12-13-10(8)6-9/h5-8H,1-4H3;4-6,8H,7H2,1-3H3;4-8H,1-3H3;4-7H,1-3H3. The van der Waals surface area contributed by atoms with Gasteiger partial charge in [-0.05, 0) is 104 Å². The Labute approximate surface area is 316 Å². The van der Waals surface area contributed by atoms with Crippen LogP contribution in [0.4, 0.5) is 0 Å². The Morgan fingerprint density at radius 2 is 1.17 bits per heavy atom. The maximum absolute atomic E-state index is 5.29. The second kappa shape index (κ2) is 15.2. The van der Waals surface area contributed by atoms with Gasteiger partial charge in [-0.25, -0.2) is 4.98 Å². The van der Waals surface area contributed by atoms with Crippen molar-refractivity contribution in [2.75, 3.05) is 0 Å². The fourth-order valence-corrected chi connectivity index (χ4v) is 5.92. The molecule has 0 aliphatic carbocycles. The smallest absolute Gasteiger partial charge is 0.167 e. The molecule has 0 unspecified atom stereocenters. The van der Waals surface area contributed by atoms with Crippen LogP contribution in [0.15, 0.2) is 112 Å². The van der Waals surface area contributed by atoms with Crippen molar-refractivity contribution in [1.82, 2.24) is 14.7 Å². The Bertz CT molecular complexity index is 2240. The summed E-state index contributed by atoms with van der Waals surface area (Å²) in [5.74, 6) is 0. The van der Waals surface area contributed by atoms with Gasteiger partial charge in [0.25, 0.3) is 0 Å². The first kappa shape index (κ1) is 39.2. The average molecular weight is 711 g/mol. The zero-order valence-corrected chi connectivity index (χ0v) is 34.1. The van der Waals surface area contributed by atoms with Crippen molar-refractivity contribution in [3.63, 3.8) is 0 Å². The molecule has 0 N–H and O–H groups in total. The highest BCUT2D eigenvalue weighted by Crippen LogP contribution is 2.29. The van der Waals surface area contributed by atoms with E-state index in [2.05, 4.69) is 163 Å². The number of benzene rings is 4. The van der Waals surface area contributed by atoms with E-state index < -0.39 is 0 Å². The highest BCUT2D eigenvalue weighted by Gasteiger charge is 2.17. The van der Waals surface area contributed by atoms with Crippen LogP contribution in [0, 0.1) is 0 Å². The predicted molar refractivity (Wildman–Crippen MR) is 223 cm³/mol. The number of nitrogens with zero attached hydrogens (tertiary/aromatic N) is 4. The molecular formula is C47H58N4O2. The van der Waals surface area contributed by atoms with E-state index in [1.54, 1.807) is 12.5 Å². The van der Waals surface area contributed by atoms with Gasteiger partial charge >= 0.3 is 0 Å².